The molecule has 7 nitrogen and oxygen atoms in total. The Hall–Kier alpha value is -2.75. The van der Waals surface area contributed by atoms with E-state index in [0.29, 0.717) is 5.56 Å². The van der Waals surface area contributed by atoms with E-state index in [4.69, 9.17) is 15.5 Å². The van der Waals surface area contributed by atoms with E-state index in [1.807, 2.05) is 5.32 Å². The number of carbonyl (C=O) groups is 2. The summed E-state index contributed by atoms with van der Waals surface area (Å²) in [4.78, 5) is 22.2. The molecular weight excluding hydrogens is 252 g/mol. The quantitative estimate of drug-likeness (QED) is 0.671. The molecule has 0 bridgehead atoms. The van der Waals surface area contributed by atoms with E-state index >= 15 is 0 Å². The molecule has 100 valence electrons. The normalized spacial score (nSPS) is 11.1. The first kappa shape index (κ1) is 14.3. The number of hydrogen-bond donors (Lipinski definition) is 3. The third kappa shape index (κ3) is 4.95. The fourth-order valence-electron chi connectivity index (χ4n) is 1.41. The number of phenols is 1. The number of hydrogen-bond acceptors (Lipinski definition) is 5. The summed E-state index contributed by atoms with van der Waals surface area (Å²) >= 11 is 0. The van der Waals surface area contributed by atoms with Crippen molar-refractivity contribution in [3.63, 3.8) is 0 Å². The van der Waals surface area contributed by atoms with Gasteiger partial charge in [-0.25, -0.2) is 9.59 Å². The Labute approximate surface area is 109 Å². The van der Waals surface area contributed by atoms with Crippen LogP contribution in [0.25, 0.3) is 0 Å². The molecule has 0 aromatic heterocycles. The van der Waals surface area contributed by atoms with Crippen LogP contribution < -0.4 is 5.32 Å². The van der Waals surface area contributed by atoms with E-state index in [1.165, 1.54) is 12.1 Å². The van der Waals surface area contributed by atoms with Crippen LogP contribution in [0.4, 0.5) is 4.79 Å². The average molecular weight is 264 g/mol. The minimum absolute atomic E-state index is 0.0663. The standard InChI is InChI=1S/C12H12N2O5/c13-5-6-19-11(16)10(14-12(17)18)7-8-1-3-9(15)4-2-8/h1-4,10,14-15H,6-7H2,(H,17,18). The maximum Gasteiger partial charge on any atom is 0.405 e. The topological polar surface area (TPSA) is 120 Å². The summed E-state index contributed by atoms with van der Waals surface area (Å²) in [6.07, 6.45) is -1.30. The van der Waals surface area contributed by atoms with Crippen molar-refractivity contribution in [1.29, 1.82) is 5.26 Å². The summed E-state index contributed by atoms with van der Waals surface area (Å²) < 4.78 is 4.57. The lowest BCUT2D eigenvalue weighted by Crippen LogP contribution is -2.42. The highest BCUT2D eigenvalue weighted by Gasteiger charge is 2.22. The van der Waals surface area contributed by atoms with Crippen LogP contribution in [-0.2, 0) is 16.0 Å². The van der Waals surface area contributed by atoms with Gasteiger partial charge in [0.05, 0.1) is 0 Å². The Balaban J connectivity index is 2.74. The number of nitriles is 1. The van der Waals surface area contributed by atoms with Crippen molar-refractivity contribution in [3.8, 4) is 11.8 Å². The second kappa shape index (κ2) is 6.86. The zero-order valence-electron chi connectivity index (χ0n) is 9.87. The average Bonchev–Trinajstić information content (AvgIpc) is 2.37. The summed E-state index contributed by atoms with van der Waals surface area (Å²) in [5.41, 5.74) is 0.644. The third-order valence-electron chi connectivity index (χ3n) is 2.24. The smallest absolute Gasteiger partial charge is 0.405 e. The SMILES string of the molecule is N#CCOC(=O)C(Cc1ccc(O)cc1)NC(=O)O. The van der Waals surface area contributed by atoms with Crippen molar-refractivity contribution in [3.05, 3.63) is 29.8 Å². The number of carboxylic acid groups (broad SMARTS) is 1. The van der Waals surface area contributed by atoms with Gasteiger partial charge < -0.3 is 20.3 Å². The van der Waals surface area contributed by atoms with E-state index in [0.717, 1.165) is 0 Å². The van der Waals surface area contributed by atoms with Gasteiger partial charge in [0.15, 0.2) is 6.61 Å². The summed E-state index contributed by atoms with van der Waals surface area (Å²) in [5, 5.41) is 28.1. The van der Waals surface area contributed by atoms with Gasteiger partial charge in [0, 0.05) is 6.42 Å². The first-order valence-corrected chi connectivity index (χ1v) is 5.34. The minimum atomic E-state index is -1.36. The van der Waals surface area contributed by atoms with Crippen LogP contribution in [0.5, 0.6) is 5.75 Å². The fourth-order valence-corrected chi connectivity index (χ4v) is 1.41. The van der Waals surface area contributed by atoms with Gasteiger partial charge in [0.2, 0.25) is 0 Å². The van der Waals surface area contributed by atoms with Crippen molar-refractivity contribution in [2.45, 2.75) is 12.5 Å². The minimum Gasteiger partial charge on any atom is -0.508 e. The molecule has 0 radical (unpaired) electrons. The predicted octanol–water partition coefficient (Wildman–Crippen LogP) is 0.638. The molecular formula is C12H12N2O5. The summed E-state index contributed by atoms with van der Waals surface area (Å²) in [7, 11) is 0. The predicted molar refractivity (Wildman–Crippen MR) is 63.3 cm³/mol. The molecule has 0 aliphatic rings. The maximum atomic E-state index is 11.6. The van der Waals surface area contributed by atoms with Crippen LogP contribution in [-0.4, -0.2) is 34.9 Å². The molecule has 19 heavy (non-hydrogen) atoms. The molecule has 1 atom stereocenters. The van der Waals surface area contributed by atoms with E-state index in [2.05, 4.69) is 4.74 Å². The van der Waals surface area contributed by atoms with Gasteiger partial charge in [-0.2, -0.15) is 5.26 Å². The van der Waals surface area contributed by atoms with Crippen LogP contribution in [0.3, 0.4) is 0 Å². The largest absolute Gasteiger partial charge is 0.508 e. The zero-order valence-corrected chi connectivity index (χ0v) is 9.87. The van der Waals surface area contributed by atoms with Crippen LogP contribution in [0.15, 0.2) is 24.3 Å². The van der Waals surface area contributed by atoms with Gasteiger partial charge in [0.25, 0.3) is 0 Å². The highest BCUT2D eigenvalue weighted by Crippen LogP contribution is 2.11. The lowest BCUT2D eigenvalue weighted by atomic mass is 10.1. The monoisotopic (exact) mass is 264 g/mol. The van der Waals surface area contributed by atoms with E-state index < -0.39 is 24.7 Å². The molecule has 1 aromatic rings. The number of nitrogens with one attached hydrogen (secondary N) is 1. The van der Waals surface area contributed by atoms with Crippen LogP contribution in [0, 0.1) is 11.3 Å². The Kier molecular flexibility index (Phi) is 5.17. The maximum absolute atomic E-state index is 11.6. The highest BCUT2D eigenvalue weighted by molar-refractivity contribution is 5.81. The number of esters is 1. The first-order valence-electron chi connectivity index (χ1n) is 5.34. The first-order chi connectivity index (χ1) is 9.02. The number of amides is 1. The second-order valence-corrected chi connectivity index (χ2v) is 3.64. The Morgan fingerprint density at radius 2 is 2.00 bits per heavy atom. The van der Waals surface area contributed by atoms with Gasteiger partial charge in [0.1, 0.15) is 17.9 Å². The molecule has 0 saturated heterocycles. The molecule has 0 aliphatic carbocycles. The summed E-state index contributed by atoms with van der Waals surface area (Å²) in [6, 6.07) is 6.49. The van der Waals surface area contributed by atoms with Gasteiger partial charge in [-0.3, -0.25) is 0 Å². The number of carbonyl (C=O) groups excluding carboxylic acids is 1. The van der Waals surface area contributed by atoms with E-state index in [-0.39, 0.29) is 12.2 Å². The van der Waals surface area contributed by atoms with Crippen molar-refractivity contribution in [2.75, 3.05) is 6.61 Å². The molecule has 1 unspecified atom stereocenters. The third-order valence-corrected chi connectivity index (χ3v) is 2.24. The van der Waals surface area contributed by atoms with Gasteiger partial charge >= 0.3 is 12.1 Å². The summed E-state index contributed by atoms with van der Waals surface area (Å²) in [6.45, 7) is -0.438. The molecule has 0 aliphatic heterocycles. The van der Waals surface area contributed by atoms with Gasteiger partial charge in [-0.15, -0.1) is 0 Å². The molecule has 0 fully saturated rings. The lowest BCUT2D eigenvalue weighted by molar-refractivity contribution is -0.144. The molecule has 1 aromatic carbocycles. The number of phenolic OH excluding ortho intramolecular Hbond substituents is 1. The molecule has 7 heteroatoms. The Morgan fingerprint density at radius 1 is 1.37 bits per heavy atom. The number of benzene rings is 1. The number of ether oxygens (including phenoxy) is 1. The molecule has 1 rings (SSSR count). The van der Waals surface area contributed by atoms with Crippen LogP contribution in [0.1, 0.15) is 5.56 Å². The van der Waals surface area contributed by atoms with E-state index in [9.17, 15) is 9.59 Å². The van der Waals surface area contributed by atoms with Crippen molar-refractivity contribution >= 4 is 12.1 Å². The second-order valence-electron chi connectivity index (χ2n) is 3.64. The Bertz CT molecular complexity index is 492. The lowest BCUT2D eigenvalue weighted by Gasteiger charge is -2.15. The molecule has 0 saturated carbocycles. The number of aromatic hydroxyl groups is 1. The fraction of sp³-hybridized carbons (Fsp3) is 0.250. The van der Waals surface area contributed by atoms with E-state index in [1.54, 1.807) is 18.2 Å². The Morgan fingerprint density at radius 3 is 2.53 bits per heavy atom. The van der Waals surface area contributed by atoms with Crippen molar-refractivity contribution in [2.24, 2.45) is 0 Å². The molecule has 0 heterocycles. The number of nitrogens with zero attached hydrogens (tertiary/aromatic N) is 1. The zero-order chi connectivity index (χ0) is 14.3. The number of rotatable bonds is 5. The van der Waals surface area contributed by atoms with Gasteiger partial charge in [-0.1, -0.05) is 12.1 Å². The summed E-state index contributed by atoms with van der Waals surface area (Å²) in [5.74, 6) is -0.754. The molecule has 0 spiro atoms. The van der Waals surface area contributed by atoms with Crippen LogP contribution in [0.2, 0.25) is 0 Å². The van der Waals surface area contributed by atoms with Crippen LogP contribution >= 0.6 is 0 Å². The van der Waals surface area contributed by atoms with Crippen molar-refractivity contribution in [1.82, 2.24) is 5.32 Å². The highest BCUT2D eigenvalue weighted by atomic mass is 16.5. The van der Waals surface area contributed by atoms with Gasteiger partial charge in [-0.05, 0) is 17.7 Å². The molecule has 3 N–H and O–H groups in total. The van der Waals surface area contributed by atoms with Crippen molar-refractivity contribution < 1.29 is 24.5 Å². The molecule has 1 amide bonds.